The van der Waals surface area contributed by atoms with Crippen molar-refractivity contribution in [1.29, 1.82) is 0 Å². The highest BCUT2D eigenvalue weighted by molar-refractivity contribution is 5.81. The van der Waals surface area contributed by atoms with Gasteiger partial charge in [-0.1, -0.05) is 25.1 Å². The Morgan fingerprint density at radius 2 is 2.00 bits per heavy atom. The summed E-state index contributed by atoms with van der Waals surface area (Å²) >= 11 is 0. The lowest BCUT2D eigenvalue weighted by molar-refractivity contribution is -0.119. The topological polar surface area (TPSA) is 35.5 Å². The number of methoxy groups -OCH3 is 2. The summed E-state index contributed by atoms with van der Waals surface area (Å²) < 4.78 is 10.2. The van der Waals surface area contributed by atoms with Gasteiger partial charge in [0, 0.05) is 32.1 Å². The van der Waals surface area contributed by atoms with E-state index in [1.165, 1.54) is 0 Å². The predicted molar refractivity (Wildman–Crippen MR) is 67.4 cm³/mol. The lowest BCUT2D eigenvalue weighted by Gasteiger charge is -2.10. The Morgan fingerprint density at radius 1 is 1.29 bits per heavy atom. The Balaban J connectivity index is 2.55. The number of ether oxygens (including phenoxy) is 2. The molecule has 0 bridgehead atoms. The third-order valence-corrected chi connectivity index (χ3v) is 2.61. The van der Waals surface area contributed by atoms with E-state index in [2.05, 4.69) is 0 Å². The second-order valence-electron chi connectivity index (χ2n) is 4.29. The zero-order valence-corrected chi connectivity index (χ0v) is 10.7. The molecule has 3 heteroatoms. The quantitative estimate of drug-likeness (QED) is 0.729. The average Bonchev–Trinajstić information content (AvgIpc) is 2.29. The third-order valence-electron chi connectivity index (χ3n) is 2.61. The van der Waals surface area contributed by atoms with Gasteiger partial charge in [0.1, 0.15) is 11.5 Å². The van der Waals surface area contributed by atoms with Crippen LogP contribution in [0.15, 0.2) is 24.3 Å². The van der Waals surface area contributed by atoms with Gasteiger partial charge in [-0.3, -0.25) is 4.79 Å². The lowest BCUT2D eigenvalue weighted by Crippen LogP contribution is -2.12. The molecule has 0 aliphatic heterocycles. The second-order valence-corrected chi connectivity index (χ2v) is 4.29. The molecule has 94 valence electrons. The molecule has 17 heavy (non-hydrogen) atoms. The van der Waals surface area contributed by atoms with Gasteiger partial charge in [0.2, 0.25) is 0 Å². The highest BCUT2D eigenvalue weighted by Gasteiger charge is 2.12. The van der Waals surface area contributed by atoms with Gasteiger partial charge in [0.25, 0.3) is 0 Å². The molecule has 0 aliphatic rings. The van der Waals surface area contributed by atoms with Crippen LogP contribution in [-0.2, 0) is 16.0 Å². The first-order valence-corrected chi connectivity index (χ1v) is 5.80. The number of benzene rings is 1. The number of para-hydroxylation sites is 1. The van der Waals surface area contributed by atoms with Crippen molar-refractivity contribution in [3.05, 3.63) is 29.8 Å². The Kier molecular flexibility index (Phi) is 5.70. The molecule has 0 N–H and O–H groups in total. The lowest BCUT2D eigenvalue weighted by atomic mass is 10.00. The van der Waals surface area contributed by atoms with Crippen LogP contribution in [0.2, 0.25) is 0 Å². The van der Waals surface area contributed by atoms with Crippen LogP contribution in [0.3, 0.4) is 0 Å². The highest BCUT2D eigenvalue weighted by Crippen LogP contribution is 2.19. The van der Waals surface area contributed by atoms with E-state index in [1.54, 1.807) is 14.2 Å². The van der Waals surface area contributed by atoms with Crippen molar-refractivity contribution in [3.8, 4) is 5.75 Å². The summed E-state index contributed by atoms with van der Waals surface area (Å²) in [6.07, 6.45) is 0.976. The summed E-state index contributed by atoms with van der Waals surface area (Å²) in [5.41, 5.74) is 0.949. The standard InChI is InChI=1S/C14H20O3/c1-11(10-16-2)8-13(15)9-12-6-4-5-7-14(12)17-3/h4-7,11H,8-10H2,1-3H3. The fourth-order valence-corrected chi connectivity index (χ4v) is 1.87. The second kappa shape index (κ2) is 7.07. The first-order valence-electron chi connectivity index (χ1n) is 5.80. The molecule has 0 saturated carbocycles. The van der Waals surface area contributed by atoms with Gasteiger partial charge >= 0.3 is 0 Å². The molecular weight excluding hydrogens is 216 g/mol. The molecule has 0 fully saturated rings. The van der Waals surface area contributed by atoms with E-state index in [9.17, 15) is 4.79 Å². The van der Waals surface area contributed by atoms with Crippen LogP contribution in [0.1, 0.15) is 18.9 Å². The van der Waals surface area contributed by atoms with Gasteiger partial charge in [0.15, 0.2) is 0 Å². The van der Waals surface area contributed by atoms with E-state index < -0.39 is 0 Å². The Hall–Kier alpha value is -1.35. The number of Topliss-reactive ketones (excluding diaryl/α,β-unsaturated/α-hetero) is 1. The minimum Gasteiger partial charge on any atom is -0.496 e. The SMILES string of the molecule is COCC(C)CC(=O)Cc1ccccc1OC. The van der Waals surface area contributed by atoms with E-state index >= 15 is 0 Å². The normalized spacial score (nSPS) is 12.2. The molecule has 0 aliphatic carbocycles. The number of hydrogen-bond donors (Lipinski definition) is 0. The molecule has 1 aromatic rings. The summed E-state index contributed by atoms with van der Waals surface area (Å²) in [6, 6.07) is 7.63. The third kappa shape index (κ3) is 4.57. The largest absolute Gasteiger partial charge is 0.496 e. The van der Waals surface area contributed by atoms with E-state index in [4.69, 9.17) is 9.47 Å². The molecule has 3 nitrogen and oxygen atoms in total. The smallest absolute Gasteiger partial charge is 0.137 e. The van der Waals surface area contributed by atoms with Gasteiger partial charge in [0.05, 0.1) is 7.11 Å². The summed E-state index contributed by atoms with van der Waals surface area (Å²) in [5.74, 6) is 1.27. The average molecular weight is 236 g/mol. The fraction of sp³-hybridized carbons (Fsp3) is 0.500. The van der Waals surface area contributed by atoms with E-state index in [1.807, 2.05) is 31.2 Å². The van der Waals surface area contributed by atoms with Crippen molar-refractivity contribution < 1.29 is 14.3 Å². The fourth-order valence-electron chi connectivity index (χ4n) is 1.87. The minimum atomic E-state index is 0.221. The minimum absolute atomic E-state index is 0.221. The van der Waals surface area contributed by atoms with Crippen LogP contribution < -0.4 is 4.74 Å². The van der Waals surface area contributed by atoms with Gasteiger partial charge in [-0.05, 0) is 12.0 Å². The summed E-state index contributed by atoms with van der Waals surface area (Å²) in [7, 11) is 3.28. The molecule has 0 spiro atoms. The van der Waals surface area contributed by atoms with Gasteiger partial charge < -0.3 is 9.47 Å². The zero-order valence-electron chi connectivity index (χ0n) is 10.7. The Bertz CT molecular complexity index is 360. The van der Waals surface area contributed by atoms with Crippen LogP contribution >= 0.6 is 0 Å². The zero-order chi connectivity index (χ0) is 12.7. The van der Waals surface area contributed by atoms with Crippen LogP contribution in [0.25, 0.3) is 0 Å². The summed E-state index contributed by atoms with van der Waals surface area (Å²) in [4.78, 5) is 11.9. The first kappa shape index (κ1) is 13.7. The number of hydrogen-bond acceptors (Lipinski definition) is 3. The molecule has 1 atom stereocenters. The van der Waals surface area contributed by atoms with Crippen LogP contribution in [0, 0.1) is 5.92 Å². The predicted octanol–water partition coefficient (Wildman–Crippen LogP) is 2.48. The van der Waals surface area contributed by atoms with Crippen LogP contribution in [-0.4, -0.2) is 26.6 Å². The number of carbonyl (C=O) groups is 1. The molecule has 1 aromatic carbocycles. The van der Waals surface area contributed by atoms with Gasteiger partial charge in [-0.15, -0.1) is 0 Å². The molecule has 0 heterocycles. The van der Waals surface area contributed by atoms with Crippen molar-refractivity contribution in [2.45, 2.75) is 19.8 Å². The molecule has 1 unspecified atom stereocenters. The Morgan fingerprint density at radius 3 is 2.65 bits per heavy atom. The molecule has 0 radical (unpaired) electrons. The van der Waals surface area contributed by atoms with Crippen molar-refractivity contribution in [2.24, 2.45) is 5.92 Å². The number of ketones is 1. The van der Waals surface area contributed by atoms with Crippen LogP contribution in [0.5, 0.6) is 5.75 Å². The van der Waals surface area contributed by atoms with E-state index in [-0.39, 0.29) is 11.7 Å². The number of rotatable bonds is 7. The van der Waals surface area contributed by atoms with Crippen molar-refractivity contribution in [1.82, 2.24) is 0 Å². The summed E-state index contributed by atoms with van der Waals surface area (Å²) in [6.45, 7) is 2.64. The van der Waals surface area contributed by atoms with Crippen molar-refractivity contribution in [2.75, 3.05) is 20.8 Å². The molecule has 0 amide bonds. The maximum absolute atomic E-state index is 11.9. The first-order chi connectivity index (χ1) is 8.17. The van der Waals surface area contributed by atoms with Crippen molar-refractivity contribution in [3.63, 3.8) is 0 Å². The van der Waals surface area contributed by atoms with Crippen LogP contribution in [0.4, 0.5) is 0 Å². The van der Waals surface area contributed by atoms with E-state index in [0.29, 0.717) is 19.4 Å². The van der Waals surface area contributed by atoms with Crippen molar-refractivity contribution >= 4 is 5.78 Å². The van der Waals surface area contributed by atoms with E-state index in [0.717, 1.165) is 11.3 Å². The molecule has 1 rings (SSSR count). The molecular formula is C14H20O3. The Labute approximate surface area is 103 Å². The monoisotopic (exact) mass is 236 g/mol. The number of carbonyl (C=O) groups excluding carboxylic acids is 1. The summed E-state index contributed by atoms with van der Waals surface area (Å²) in [5, 5.41) is 0. The molecule has 0 aromatic heterocycles. The highest BCUT2D eigenvalue weighted by atomic mass is 16.5. The maximum atomic E-state index is 11.9. The van der Waals surface area contributed by atoms with Gasteiger partial charge in [-0.2, -0.15) is 0 Å². The maximum Gasteiger partial charge on any atom is 0.137 e. The van der Waals surface area contributed by atoms with Gasteiger partial charge in [-0.25, -0.2) is 0 Å². The molecule has 0 saturated heterocycles.